The van der Waals surface area contributed by atoms with Crippen LogP contribution < -0.4 is 0 Å². The van der Waals surface area contributed by atoms with Gasteiger partial charge < -0.3 is 14.2 Å². The highest BCUT2D eigenvalue weighted by molar-refractivity contribution is 5.71. The van der Waals surface area contributed by atoms with Crippen molar-refractivity contribution < 1.29 is 28.6 Å². The van der Waals surface area contributed by atoms with Crippen LogP contribution in [0.4, 0.5) is 0 Å². The minimum atomic E-state index is -0.787. The van der Waals surface area contributed by atoms with E-state index in [4.69, 9.17) is 14.2 Å². The number of carbonyl (C=O) groups is 3. The first-order valence-corrected chi connectivity index (χ1v) is 31.4. The van der Waals surface area contributed by atoms with E-state index in [1.165, 1.54) is 173 Å². The molecule has 0 radical (unpaired) electrons. The van der Waals surface area contributed by atoms with Gasteiger partial charge in [0.05, 0.1) is 0 Å². The molecule has 0 rings (SSSR count). The molecule has 0 heterocycles. The molecule has 0 bridgehead atoms. The van der Waals surface area contributed by atoms with E-state index in [2.05, 4.69) is 93.7 Å². The van der Waals surface area contributed by atoms with Gasteiger partial charge in [0, 0.05) is 19.3 Å². The molecule has 0 aromatic carbocycles. The number of allylic oxidation sites excluding steroid dienone is 12. The molecule has 0 fully saturated rings. The monoisotopic (exact) mass is 1020 g/mol. The summed E-state index contributed by atoms with van der Waals surface area (Å²) in [5.74, 6) is -0.892. The van der Waals surface area contributed by atoms with Crippen LogP contribution in [0.3, 0.4) is 0 Å². The summed E-state index contributed by atoms with van der Waals surface area (Å²) in [4.78, 5) is 38.3. The summed E-state index contributed by atoms with van der Waals surface area (Å²) in [6.45, 7) is 6.52. The molecule has 0 amide bonds. The summed E-state index contributed by atoms with van der Waals surface area (Å²) < 4.78 is 16.9. The Hall–Kier alpha value is -3.15. The third-order valence-corrected chi connectivity index (χ3v) is 13.7. The summed E-state index contributed by atoms with van der Waals surface area (Å²) in [7, 11) is 0. The third-order valence-electron chi connectivity index (χ3n) is 13.7. The minimum absolute atomic E-state index is 0.0828. The van der Waals surface area contributed by atoms with E-state index in [9.17, 15) is 14.4 Å². The van der Waals surface area contributed by atoms with Crippen molar-refractivity contribution in [3.05, 3.63) is 72.9 Å². The molecule has 0 saturated carbocycles. The second-order valence-corrected chi connectivity index (χ2v) is 20.9. The molecule has 1 atom stereocenters. The van der Waals surface area contributed by atoms with Gasteiger partial charge in [-0.2, -0.15) is 0 Å². The van der Waals surface area contributed by atoms with Crippen LogP contribution in [-0.2, 0) is 28.6 Å². The minimum Gasteiger partial charge on any atom is -0.462 e. The fraction of sp³-hybridized carbons (Fsp3) is 0.776. The molecule has 73 heavy (non-hydrogen) atoms. The molecule has 0 aromatic rings. The van der Waals surface area contributed by atoms with Crippen LogP contribution in [-0.4, -0.2) is 37.2 Å². The lowest BCUT2D eigenvalue weighted by molar-refractivity contribution is -0.167. The second-order valence-electron chi connectivity index (χ2n) is 20.9. The first-order valence-electron chi connectivity index (χ1n) is 31.4. The van der Waals surface area contributed by atoms with E-state index < -0.39 is 6.10 Å². The Morgan fingerprint density at radius 1 is 0.288 bits per heavy atom. The van der Waals surface area contributed by atoms with Crippen LogP contribution in [0, 0.1) is 0 Å². The first kappa shape index (κ1) is 69.8. The molecule has 6 heteroatoms. The fourth-order valence-corrected chi connectivity index (χ4v) is 8.95. The lowest BCUT2D eigenvalue weighted by atomic mass is 10.0. The molecule has 0 spiro atoms. The van der Waals surface area contributed by atoms with Gasteiger partial charge >= 0.3 is 17.9 Å². The summed E-state index contributed by atoms with van der Waals surface area (Å²) in [6.07, 6.45) is 79.0. The van der Waals surface area contributed by atoms with Crippen molar-refractivity contribution in [2.75, 3.05) is 13.2 Å². The molecule has 0 aliphatic rings. The molecule has 0 N–H and O–H groups in total. The van der Waals surface area contributed by atoms with Crippen molar-refractivity contribution in [1.82, 2.24) is 0 Å². The standard InChI is InChI=1S/C67H118O6/c1-4-7-10-13-16-19-22-25-28-30-32-33-35-37-40-42-45-48-51-54-57-60-66(69)72-63-64(73-67(70)61-58-55-52-49-46-43-38-27-24-21-18-15-12-9-6-3)62-71-65(68)59-56-53-50-47-44-41-39-36-34-31-29-26-23-20-17-14-11-8-5-2/h9,12,17-18,20-21,25-29,38,64H,4-8,10-11,13-16,19,22-24,30-37,39-63H2,1-3H3/b12-9-,20-17-,21-18-,28-25-,29-26-,38-27-/t64-/m1/s1. The molecule has 0 aliphatic carbocycles. The maximum atomic E-state index is 12.9. The summed E-state index contributed by atoms with van der Waals surface area (Å²) in [6, 6.07) is 0. The van der Waals surface area contributed by atoms with E-state index in [-0.39, 0.29) is 31.1 Å². The third kappa shape index (κ3) is 59.6. The van der Waals surface area contributed by atoms with E-state index in [0.29, 0.717) is 19.3 Å². The van der Waals surface area contributed by atoms with E-state index in [1.54, 1.807) is 0 Å². The van der Waals surface area contributed by atoms with E-state index in [0.717, 1.165) is 103 Å². The van der Waals surface area contributed by atoms with Crippen LogP contribution in [0.5, 0.6) is 0 Å². The van der Waals surface area contributed by atoms with Crippen molar-refractivity contribution >= 4 is 17.9 Å². The molecule has 0 aliphatic heterocycles. The Balaban J connectivity index is 4.35. The predicted octanol–water partition coefficient (Wildman–Crippen LogP) is 21.3. The number of hydrogen-bond acceptors (Lipinski definition) is 6. The van der Waals surface area contributed by atoms with Gasteiger partial charge in [0.2, 0.25) is 0 Å². The number of esters is 3. The summed E-state index contributed by atoms with van der Waals surface area (Å²) >= 11 is 0. The zero-order valence-corrected chi connectivity index (χ0v) is 48.4. The van der Waals surface area contributed by atoms with Gasteiger partial charge in [-0.05, 0) is 109 Å². The van der Waals surface area contributed by atoms with Crippen molar-refractivity contribution in [3.63, 3.8) is 0 Å². The maximum Gasteiger partial charge on any atom is 0.306 e. The van der Waals surface area contributed by atoms with Crippen molar-refractivity contribution in [2.24, 2.45) is 0 Å². The molecule has 0 unspecified atom stereocenters. The average molecular weight is 1020 g/mol. The van der Waals surface area contributed by atoms with Crippen LogP contribution in [0.1, 0.15) is 316 Å². The van der Waals surface area contributed by atoms with E-state index >= 15 is 0 Å². The van der Waals surface area contributed by atoms with Crippen LogP contribution in [0.2, 0.25) is 0 Å². The predicted molar refractivity (Wildman–Crippen MR) is 316 cm³/mol. The molecular formula is C67H118O6. The molecule has 6 nitrogen and oxygen atoms in total. The second kappa shape index (κ2) is 61.4. The largest absolute Gasteiger partial charge is 0.462 e. The number of rotatable bonds is 57. The molecule has 0 aromatic heterocycles. The van der Waals surface area contributed by atoms with Crippen LogP contribution in [0.25, 0.3) is 0 Å². The van der Waals surface area contributed by atoms with Gasteiger partial charge in [-0.25, -0.2) is 0 Å². The lowest BCUT2D eigenvalue weighted by Crippen LogP contribution is -2.30. The average Bonchev–Trinajstić information content (AvgIpc) is 3.39. The van der Waals surface area contributed by atoms with Gasteiger partial charge in [0.15, 0.2) is 6.10 Å². The zero-order chi connectivity index (χ0) is 52.9. The van der Waals surface area contributed by atoms with Crippen molar-refractivity contribution in [1.29, 1.82) is 0 Å². The summed E-state index contributed by atoms with van der Waals surface area (Å²) in [5, 5.41) is 0. The molecule has 422 valence electrons. The quantitative estimate of drug-likeness (QED) is 0.0261. The van der Waals surface area contributed by atoms with Gasteiger partial charge in [-0.1, -0.05) is 261 Å². The van der Waals surface area contributed by atoms with Crippen LogP contribution in [0.15, 0.2) is 72.9 Å². The Labute approximate surface area is 453 Å². The fourth-order valence-electron chi connectivity index (χ4n) is 8.95. The highest BCUT2D eigenvalue weighted by Crippen LogP contribution is 2.16. The number of hydrogen-bond donors (Lipinski definition) is 0. The SMILES string of the molecule is CC/C=C\C/C=C\C/C=C\CCCCCCCC(=O)O[C@H](COC(=O)CCCCCCCCCCC/C=C\C/C=C\CCCCC)COC(=O)CCCCCCCCCCCCC/C=C\CCCCCCCC. The smallest absolute Gasteiger partial charge is 0.306 e. The normalized spacial score (nSPS) is 12.5. The Morgan fingerprint density at radius 2 is 0.534 bits per heavy atom. The van der Waals surface area contributed by atoms with Crippen LogP contribution >= 0.6 is 0 Å². The van der Waals surface area contributed by atoms with Crippen molar-refractivity contribution in [3.8, 4) is 0 Å². The Kier molecular flexibility index (Phi) is 58.7. The zero-order valence-electron chi connectivity index (χ0n) is 48.4. The highest BCUT2D eigenvalue weighted by atomic mass is 16.6. The first-order chi connectivity index (χ1) is 36.0. The van der Waals surface area contributed by atoms with Gasteiger partial charge in [0.1, 0.15) is 13.2 Å². The Bertz CT molecular complexity index is 1360. The molecular weight excluding hydrogens is 901 g/mol. The van der Waals surface area contributed by atoms with E-state index in [1.807, 2.05) is 0 Å². The van der Waals surface area contributed by atoms with Gasteiger partial charge in [-0.3, -0.25) is 14.4 Å². The molecule has 0 saturated heterocycles. The Morgan fingerprint density at radius 3 is 0.877 bits per heavy atom. The maximum absolute atomic E-state index is 12.9. The number of carbonyl (C=O) groups excluding carboxylic acids is 3. The lowest BCUT2D eigenvalue weighted by Gasteiger charge is -2.18. The highest BCUT2D eigenvalue weighted by Gasteiger charge is 2.19. The van der Waals surface area contributed by atoms with Crippen molar-refractivity contribution in [2.45, 2.75) is 322 Å². The van der Waals surface area contributed by atoms with Gasteiger partial charge in [-0.15, -0.1) is 0 Å². The summed E-state index contributed by atoms with van der Waals surface area (Å²) in [5.41, 5.74) is 0. The van der Waals surface area contributed by atoms with Gasteiger partial charge in [0.25, 0.3) is 0 Å². The number of unbranched alkanes of at least 4 members (excludes halogenated alkanes) is 34. The topological polar surface area (TPSA) is 78.9 Å². The number of ether oxygens (including phenoxy) is 3.